The minimum absolute atomic E-state index is 0.427. The maximum absolute atomic E-state index is 13.1. The van der Waals surface area contributed by atoms with Gasteiger partial charge in [-0.1, -0.05) is 27.7 Å². The Labute approximate surface area is 198 Å². The number of aliphatic hydroxyl groups excluding tert-OH is 1. The molecule has 0 amide bonds. The van der Waals surface area contributed by atoms with Crippen molar-refractivity contribution in [3.63, 3.8) is 0 Å². The van der Waals surface area contributed by atoms with Crippen LogP contribution >= 0.6 is 0 Å². The van der Waals surface area contributed by atoms with Crippen molar-refractivity contribution in [2.75, 3.05) is 14.2 Å². The SMILES string of the molecule is COC(=O)C(C)C1CCC23C4O[C@@H](O)C12OC1OC(=O)[C@H](OC)C13C(C(C)(C)C)[C@H]4OC(C)=O. The lowest BCUT2D eigenvalue weighted by Crippen LogP contribution is -2.60. The molecule has 0 aromatic heterocycles. The molecule has 1 N–H and O–H groups in total. The molecule has 34 heavy (non-hydrogen) atoms. The van der Waals surface area contributed by atoms with Crippen LogP contribution in [0.5, 0.6) is 0 Å². The molecule has 5 fully saturated rings. The molecule has 2 saturated carbocycles. The minimum atomic E-state index is -1.42. The third-order valence-electron chi connectivity index (χ3n) is 9.35. The van der Waals surface area contributed by atoms with Crippen molar-refractivity contribution >= 4 is 17.9 Å². The van der Waals surface area contributed by atoms with Gasteiger partial charge >= 0.3 is 17.9 Å². The van der Waals surface area contributed by atoms with E-state index in [0.29, 0.717) is 12.8 Å². The van der Waals surface area contributed by atoms with Crippen LogP contribution in [0, 0.1) is 34.0 Å². The second kappa shape index (κ2) is 7.15. The molecule has 5 aliphatic rings. The van der Waals surface area contributed by atoms with Gasteiger partial charge in [0.2, 0.25) is 6.29 Å². The van der Waals surface area contributed by atoms with Crippen LogP contribution in [0.3, 0.4) is 0 Å². The Morgan fingerprint density at radius 2 is 1.91 bits per heavy atom. The van der Waals surface area contributed by atoms with Crippen LogP contribution in [0.25, 0.3) is 0 Å². The summed E-state index contributed by atoms with van der Waals surface area (Å²) in [6, 6.07) is 0. The molecule has 2 aliphatic carbocycles. The van der Waals surface area contributed by atoms with Crippen LogP contribution in [0.15, 0.2) is 0 Å². The summed E-state index contributed by atoms with van der Waals surface area (Å²) >= 11 is 0. The molecule has 8 unspecified atom stereocenters. The van der Waals surface area contributed by atoms with E-state index in [4.69, 9.17) is 28.4 Å². The zero-order chi connectivity index (χ0) is 25.0. The molecule has 3 aliphatic heterocycles. The molecule has 3 heterocycles. The van der Waals surface area contributed by atoms with E-state index in [1.165, 1.54) is 21.1 Å². The zero-order valence-electron chi connectivity index (χ0n) is 20.7. The van der Waals surface area contributed by atoms with Crippen LogP contribution < -0.4 is 0 Å². The number of carbonyl (C=O) groups is 3. The van der Waals surface area contributed by atoms with Crippen LogP contribution in [0.2, 0.25) is 0 Å². The fraction of sp³-hybridized carbons (Fsp3) is 0.875. The van der Waals surface area contributed by atoms with E-state index in [2.05, 4.69) is 0 Å². The second-order valence-electron chi connectivity index (χ2n) is 11.5. The van der Waals surface area contributed by atoms with Crippen LogP contribution in [0.1, 0.15) is 47.5 Å². The molecular weight excluding hydrogens is 448 g/mol. The fourth-order valence-electron chi connectivity index (χ4n) is 8.81. The highest BCUT2D eigenvalue weighted by atomic mass is 16.8. The van der Waals surface area contributed by atoms with Gasteiger partial charge in [-0.3, -0.25) is 9.59 Å². The summed E-state index contributed by atoms with van der Waals surface area (Å²) in [6.45, 7) is 9.10. The number of carbonyl (C=O) groups excluding carboxylic acids is 3. The van der Waals surface area contributed by atoms with Gasteiger partial charge in [0.1, 0.15) is 17.8 Å². The number of methoxy groups -OCH3 is 2. The highest BCUT2D eigenvalue weighted by Gasteiger charge is 2.97. The van der Waals surface area contributed by atoms with E-state index in [-0.39, 0.29) is 0 Å². The fourth-order valence-corrected chi connectivity index (χ4v) is 8.81. The Morgan fingerprint density at radius 1 is 1.24 bits per heavy atom. The average Bonchev–Trinajstić information content (AvgIpc) is 3.41. The van der Waals surface area contributed by atoms with Gasteiger partial charge < -0.3 is 33.5 Å². The number of aliphatic hydroxyl groups is 1. The van der Waals surface area contributed by atoms with Gasteiger partial charge in [-0.2, -0.15) is 0 Å². The predicted molar refractivity (Wildman–Crippen MR) is 113 cm³/mol. The van der Waals surface area contributed by atoms with Gasteiger partial charge in [-0.05, 0) is 18.3 Å². The first-order valence-corrected chi connectivity index (χ1v) is 11.9. The molecule has 0 bridgehead atoms. The Balaban J connectivity index is 1.80. The summed E-state index contributed by atoms with van der Waals surface area (Å²) in [4.78, 5) is 38.0. The third kappa shape index (κ3) is 2.34. The number of hydrogen-bond donors (Lipinski definition) is 1. The first-order valence-electron chi connectivity index (χ1n) is 11.9. The summed E-state index contributed by atoms with van der Waals surface area (Å²) in [5.41, 5.74) is -3.97. The molecule has 0 radical (unpaired) electrons. The molecule has 0 aromatic rings. The van der Waals surface area contributed by atoms with E-state index >= 15 is 0 Å². The summed E-state index contributed by atoms with van der Waals surface area (Å²) in [6.07, 6.45) is -4.05. The van der Waals surface area contributed by atoms with Gasteiger partial charge in [-0.15, -0.1) is 0 Å². The topological polar surface area (TPSA) is 127 Å². The standard InChI is InChI=1S/C24H34O10/c1-10(17(26)30-7)12-8-9-22-15-13(31-11(2)25)14(21(3,4)5)23(22)16(29-6)18(27)33-20(23)34-24(12,22)19(28)32-15/h10,12-16,19-20,28H,8-9H2,1-7H3/t10?,12?,13-,14?,15?,16+,19-,20?,22?,23?,24?/m1/s1. The van der Waals surface area contributed by atoms with Crippen molar-refractivity contribution < 1.29 is 47.9 Å². The predicted octanol–water partition coefficient (Wildman–Crippen LogP) is 1.17. The lowest BCUT2D eigenvalue weighted by atomic mass is 9.51. The largest absolute Gasteiger partial charge is 0.469 e. The molecule has 5 rings (SSSR count). The smallest absolute Gasteiger partial charge is 0.338 e. The van der Waals surface area contributed by atoms with Gasteiger partial charge in [0.25, 0.3) is 0 Å². The van der Waals surface area contributed by atoms with Crippen molar-refractivity contribution in [3.8, 4) is 0 Å². The molecule has 2 spiro atoms. The Kier molecular flexibility index (Phi) is 5.04. The van der Waals surface area contributed by atoms with Gasteiger partial charge in [0, 0.05) is 25.9 Å². The van der Waals surface area contributed by atoms with Crippen LogP contribution in [-0.2, 0) is 42.8 Å². The highest BCUT2D eigenvalue weighted by molar-refractivity contribution is 5.80. The van der Waals surface area contributed by atoms with Crippen molar-refractivity contribution in [2.45, 2.75) is 84.0 Å². The summed E-state index contributed by atoms with van der Waals surface area (Å²) in [7, 11) is 2.77. The number of hydrogen-bond acceptors (Lipinski definition) is 10. The molecule has 3 saturated heterocycles. The third-order valence-corrected chi connectivity index (χ3v) is 9.35. The Bertz CT molecular complexity index is 927. The first kappa shape index (κ1) is 24.0. The number of ether oxygens (including phenoxy) is 6. The van der Waals surface area contributed by atoms with Gasteiger partial charge in [0.15, 0.2) is 12.4 Å². The highest BCUT2D eigenvalue weighted by Crippen LogP contribution is 2.84. The van der Waals surface area contributed by atoms with Crippen molar-refractivity contribution in [2.24, 2.45) is 34.0 Å². The van der Waals surface area contributed by atoms with Crippen LogP contribution in [-0.4, -0.2) is 73.7 Å². The van der Waals surface area contributed by atoms with Crippen molar-refractivity contribution in [3.05, 3.63) is 0 Å². The molecule has 10 heteroatoms. The van der Waals surface area contributed by atoms with E-state index in [9.17, 15) is 19.5 Å². The van der Waals surface area contributed by atoms with Crippen molar-refractivity contribution in [1.29, 1.82) is 0 Å². The van der Waals surface area contributed by atoms with E-state index < -0.39 is 88.4 Å². The van der Waals surface area contributed by atoms with E-state index in [1.54, 1.807) is 6.92 Å². The number of rotatable bonds is 4. The van der Waals surface area contributed by atoms with Crippen molar-refractivity contribution in [1.82, 2.24) is 0 Å². The lowest BCUT2D eigenvalue weighted by Gasteiger charge is -2.48. The molecule has 10 nitrogen and oxygen atoms in total. The summed E-state index contributed by atoms with van der Waals surface area (Å²) in [5.74, 6) is -3.03. The summed E-state index contributed by atoms with van der Waals surface area (Å²) < 4.78 is 35.4. The molecule has 190 valence electrons. The molecule has 11 atom stereocenters. The Morgan fingerprint density at radius 3 is 2.47 bits per heavy atom. The summed E-state index contributed by atoms with van der Waals surface area (Å²) in [5, 5.41) is 11.4. The quantitative estimate of drug-likeness (QED) is 0.461. The van der Waals surface area contributed by atoms with E-state index in [1.807, 2.05) is 20.8 Å². The monoisotopic (exact) mass is 482 g/mol. The minimum Gasteiger partial charge on any atom is -0.469 e. The normalized spacial score (nSPS) is 49.3. The lowest BCUT2D eigenvalue weighted by molar-refractivity contribution is -0.253. The van der Waals surface area contributed by atoms with Gasteiger partial charge in [0.05, 0.1) is 23.9 Å². The zero-order valence-corrected chi connectivity index (χ0v) is 20.7. The maximum Gasteiger partial charge on any atom is 0.338 e. The van der Waals surface area contributed by atoms with E-state index in [0.717, 1.165) is 0 Å². The molecular formula is C24H34O10. The second-order valence-corrected chi connectivity index (χ2v) is 11.5. The number of esters is 3. The molecule has 0 aromatic carbocycles. The maximum atomic E-state index is 13.1. The van der Waals surface area contributed by atoms with Gasteiger partial charge in [-0.25, -0.2) is 4.79 Å². The Hall–Kier alpha value is -1.75. The first-order chi connectivity index (χ1) is 15.9. The van der Waals surface area contributed by atoms with Crippen LogP contribution in [0.4, 0.5) is 0 Å². The average molecular weight is 483 g/mol.